The number of hydrogen-bond donors (Lipinski definition) is 2. The number of carbonyl (C=O) groups is 2. The van der Waals surface area contributed by atoms with Crippen molar-refractivity contribution in [2.45, 2.75) is 20.8 Å². The standard InChI is InChI=1S/C18H20N2O2/c1-13-9-11-15(12-10-13)20-17(22)18(2,3)16(21)19-14-7-5-4-6-8-14/h4-12H,1-3H3,(H,19,21)(H,20,22). The monoisotopic (exact) mass is 296 g/mol. The van der Waals surface area contributed by atoms with Gasteiger partial charge in [-0.15, -0.1) is 0 Å². The van der Waals surface area contributed by atoms with Crippen LogP contribution in [0.15, 0.2) is 54.6 Å². The fraction of sp³-hybridized carbons (Fsp3) is 0.222. The molecule has 2 aromatic carbocycles. The molecule has 0 radical (unpaired) electrons. The Hall–Kier alpha value is -2.62. The number of hydrogen-bond acceptors (Lipinski definition) is 2. The molecule has 0 spiro atoms. The van der Waals surface area contributed by atoms with Gasteiger partial charge in [0.2, 0.25) is 11.8 Å². The van der Waals surface area contributed by atoms with Gasteiger partial charge in [0, 0.05) is 11.4 Å². The fourth-order valence-corrected chi connectivity index (χ4v) is 1.84. The molecule has 0 heterocycles. The maximum absolute atomic E-state index is 12.4. The highest BCUT2D eigenvalue weighted by atomic mass is 16.2. The van der Waals surface area contributed by atoms with Crippen LogP contribution < -0.4 is 10.6 Å². The molecule has 0 bridgehead atoms. The van der Waals surface area contributed by atoms with Crippen LogP contribution in [0.1, 0.15) is 19.4 Å². The fourth-order valence-electron chi connectivity index (χ4n) is 1.84. The molecule has 0 atom stereocenters. The zero-order valence-electron chi connectivity index (χ0n) is 13.0. The molecule has 2 aromatic rings. The van der Waals surface area contributed by atoms with Crippen LogP contribution in [0.5, 0.6) is 0 Å². The molecule has 2 rings (SSSR count). The average Bonchev–Trinajstić information content (AvgIpc) is 2.50. The lowest BCUT2D eigenvalue weighted by atomic mass is 9.90. The van der Waals surface area contributed by atoms with Gasteiger partial charge in [0.1, 0.15) is 5.41 Å². The Morgan fingerprint density at radius 2 is 1.23 bits per heavy atom. The second-order valence-electron chi connectivity index (χ2n) is 5.77. The van der Waals surface area contributed by atoms with E-state index in [0.29, 0.717) is 11.4 Å². The van der Waals surface area contributed by atoms with Crippen LogP contribution in [0, 0.1) is 12.3 Å². The van der Waals surface area contributed by atoms with Gasteiger partial charge in [-0.2, -0.15) is 0 Å². The topological polar surface area (TPSA) is 58.2 Å². The Bertz CT molecular complexity index is 661. The van der Waals surface area contributed by atoms with Crippen molar-refractivity contribution in [3.8, 4) is 0 Å². The summed E-state index contributed by atoms with van der Waals surface area (Å²) in [5.41, 5.74) is 1.28. The summed E-state index contributed by atoms with van der Waals surface area (Å²) < 4.78 is 0. The third-order valence-electron chi connectivity index (χ3n) is 3.48. The summed E-state index contributed by atoms with van der Waals surface area (Å²) >= 11 is 0. The van der Waals surface area contributed by atoms with Crippen molar-refractivity contribution < 1.29 is 9.59 Å². The van der Waals surface area contributed by atoms with Crippen molar-refractivity contribution in [3.63, 3.8) is 0 Å². The first kappa shape index (κ1) is 15.8. The van der Waals surface area contributed by atoms with E-state index in [4.69, 9.17) is 0 Å². The van der Waals surface area contributed by atoms with E-state index in [1.807, 2.05) is 49.4 Å². The largest absolute Gasteiger partial charge is 0.325 e. The molecule has 0 saturated heterocycles. The van der Waals surface area contributed by atoms with Gasteiger partial charge in [0.25, 0.3) is 0 Å². The van der Waals surface area contributed by atoms with Crippen LogP contribution in [-0.4, -0.2) is 11.8 Å². The van der Waals surface area contributed by atoms with Gasteiger partial charge in [0.05, 0.1) is 0 Å². The molecule has 0 aliphatic rings. The molecule has 2 amide bonds. The quantitative estimate of drug-likeness (QED) is 0.847. The minimum Gasteiger partial charge on any atom is -0.325 e. The Morgan fingerprint density at radius 3 is 1.73 bits per heavy atom. The Morgan fingerprint density at radius 1 is 0.773 bits per heavy atom. The molecule has 0 saturated carbocycles. The second-order valence-corrected chi connectivity index (χ2v) is 5.77. The highest BCUT2D eigenvalue weighted by Crippen LogP contribution is 2.21. The first-order valence-electron chi connectivity index (χ1n) is 7.14. The summed E-state index contributed by atoms with van der Waals surface area (Å²) in [5, 5.41) is 5.53. The lowest BCUT2D eigenvalue weighted by Crippen LogP contribution is -2.41. The van der Waals surface area contributed by atoms with Crippen molar-refractivity contribution >= 4 is 23.2 Å². The molecule has 0 aliphatic heterocycles. The van der Waals surface area contributed by atoms with Crippen molar-refractivity contribution in [2.75, 3.05) is 10.6 Å². The van der Waals surface area contributed by atoms with Crippen molar-refractivity contribution in [1.82, 2.24) is 0 Å². The maximum atomic E-state index is 12.4. The van der Waals surface area contributed by atoms with Crippen LogP contribution in [-0.2, 0) is 9.59 Å². The van der Waals surface area contributed by atoms with Gasteiger partial charge >= 0.3 is 0 Å². The zero-order chi connectivity index (χ0) is 16.2. The lowest BCUT2D eigenvalue weighted by Gasteiger charge is -2.22. The summed E-state index contributed by atoms with van der Waals surface area (Å²) in [6, 6.07) is 16.5. The van der Waals surface area contributed by atoms with Crippen molar-refractivity contribution in [3.05, 3.63) is 60.2 Å². The number of nitrogens with one attached hydrogen (secondary N) is 2. The molecule has 4 nitrogen and oxygen atoms in total. The summed E-state index contributed by atoms with van der Waals surface area (Å²) in [6.07, 6.45) is 0. The second kappa shape index (κ2) is 6.43. The normalized spacial score (nSPS) is 10.9. The zero-order valence-corrected chi connectivity index (χ0v) is 13.0. The molecular weight excluding hydrogens is 276 g/mol. The molecule has 2 N–H and O–H groups in total. The number of aryl methyl sites for hydroxylation is 1. The van der Waals surface area contributed by atoms with E-state index in [9.17, 15) is 9.59 Å². The molecule has 114 valence electrons. The molecule has 0 fully saturated rings. The number of carbonyl (C=O) groups excluding carboxylic acids is 2. The predicted octanol–water partition coefficient (Wildman–Crippen LogP) is 3.60. The Balaban J connectivity index is 2.06. The van der Waals surface area contributed by atoms with Crippen LogP contribution in [0.25, 0.3) is 0 Å². The summed E-state index contributed by atoms with van der Waals surface area (Å²) in [4.78, 5) is 24.7. The average molecular weight is 296 g/mol. The summed E-state index contributed by atoms with van der Waals surface area (Å²) in [5.74, 6) is -0.687. The predicted molar refractivity (Wildman–Crippen MR) is 88.7 cm³/mol. The molecule has 4 heteroatoms. The number of anilines is 2. The van der Waals surface area contributed by atoms with Gasteiger partial charge < -0.3 is 10.6 Å². The van der Waals surface area contributed by atoms with E-state index in [1.165, 1.54) is 0 Å². The summed E-state index contributed by atoms with van der Waals surface area (Å²) in [6.45, 7) is 5.19. The van der Waals surface area contributed by atoms with E-state index in [0.717, 1.165) is 5.56 Å². The van der Waals surface area contributed by atoms with Crippen molar-refractivity contribution in [1.29, 1.82) is 0 Å². The van der Waals surface area contributed by atoms with E-state index in [-0.39, 0.29) is 11.8 Å². The maximum Gasteiger partial charge on any atom is 0.239 e. The molecule has 0 aromatic heterocycles. The highest BCUT2D eigenvalue weighted by Gasteiger charge is 2.36. The van der Waals surface area contributed by atoms with Gasteiger partial charge in [-0.25, -0.2) is 0 Å². The number of amides is 2. The van der Waals surface area contributed by atoms with Crippen LogP contribution in [0.4, 0.5) is 11.4 Å². The third kappa shape index (κ3) is 3.73. The minimum atomic E-state index is -1.18. The van der Waals surface area contributed by atoms with Gasteiger partial charge in [-0.3, -0.25) is 9.59 Å². The first-order valence-corrected chi connectivity index (χ1v) is 7.14. The van der Waals surface area contributed by atoms with Crippen LogP contribution in [0.3, 0.4) is 0 Å². The van der Waals surface area contributed by atoms with E-state index < -0.39 is 5.41 Å². The summed E-state index contributed by atoms with van der Waals surface area (Å²) in [7, 11) is 0. The van der Waals surface area contributed by atoms with Gasteiger partial charge in [-0.05, 0) is 45.0 Å². The Labute approximate surface area is 130 Å². The lowest BCUT2D eigenvalue weighted by molar-refractivity contribution is -0.135. The van der Waals surface area contributed by atoms with Gasteiger partial charge in [0.15, 0.2) is 0 Å². The van der Waals surface area contributed by atoms with Crippen LogP contribution in [0.2, 0.25) is 0 Å². The number of rotatable bonds is 4. The van der Waals surface area contributed by atoms with Crippen molar-refractivity contribution in [2.24, 2.45) is 5.41 Å². The third-order valence-corrected chi connectivity index (χ3v) is 3.48. The molecule has 0 aliphatic carbocycles. The minimum absolute atomic E-state index is 0.343. The van der Waals surface area contributed by atoms with E-state index >= 15 is 0 Å². The van der Waals surface area contributed by atoms with Gasteiger partial charge in [-0.1, -0.05) is 35.9 Å². The number of benzene rings is 2. The first-order chi connectivity index (χ1) is 10.4. The smallest absolute Gasteiger partial charge is 0.239 e. The molecule has 0 unspecified atom stereocenters. The Kier molecular flexibility index (Phi) is 4.61. The molecular formula is C18H20N2O2. The molecule has 22 heavy (non-hydrogen) atoms. The van der Waals surface area contributed by atoms with E-state index in [2.05, 4.69) is 10.6 Å². The van der Waals surface area contributed by atoms with E-state index in [1.54, 1.807) is 26.0 Å². The number of para-hydroxylation sites is 1. The van der Waals surface area contributed by atoms with Crippen LogP contribution >= 0.6 is 0 Å². The highest BCUT2D eigenvalue weighted by molar-refractivity contribution is 6.13. The SMILES string of the molecule is Cc1ccc(NC(=O)C(C)(C)C(=O)Nc2ccccc2)cc1.